The van der Waals surface area contributed by atoms with Gasteiger partial charge in [-0.25, -0.2) is 0 Å². The van der Waals surface area contributed by atoms with Gasteiger partial charge in [0.2, 0.25) is 18.2 Å². The molecule has 0 aromatic heterocycles. The van der Waals surface area contributed by atoms with E-state index in [1.807, 2.05) is 79.7 Å². The molecular formula is C28H41O5PSi. The first-order chi connectivity index (χ1) is 16.5. The Labute approximate surface area is 213 Å². The van der Waals surface area contributed by atoms with E-state index in [0.29, 0.717) is 30.8 Å². The summed E-state index contributed by atoms with van der Waals surface area (Å²) in [5, 5.41) is 0. The van der Waals surface area contributed by atoms with Crippen LogP contribution in [0.2, 0.25) is 6.04 Å². The molecule has 2 aromatic rings. The maximum absolute atomic E-state index is 14.5. The minimum absolute atomic E-state index is 0.0716. The number of benzene rings is 2. The van der Waals surface area contributed by atoms with Crippen molar-refractivity contribution >= 4 is 27.7 Å². The third-order valence-electron chi connectivity index (χ3n) is 6.31. The molecule has 0 radical (unpaired) electrons. The Balaban J connectivity index is 2.46. The van der Waals surface area contributed by atoms with E-state index in [9.17, 15) is 14.2 Å². The van der Waals surface area contributed by atoms with E-state index >= 15 is 0 Å². The number of hydrogen-bond acceptors (Lipinski definition) is 5. The molecule has 0 bridgehead atoms. The van der Waals surface area contributed by atoms with Crippen molar-refractivity contribution in [2.45, 2.75) is 73.8 Å². The fourth-order valence-electron chi connectivity index (χ4n) is 4.92. The van der Waals surface area contributed by atoms with Crippen molar-refractivity contribution in [1.29, 1.82) is 0 Å². The van der Waals surface area contributed by atoms with Gasteiger partial charge in [0.1, 0.15) is 5.91 Å². The third-order valence-corrected chi connectivity index (χ3v) is 10.9. The predicted octanol–water partition coefficient (Wildman–Crippen LogP) is 6.21. The highest BCUT2D eigenvalue weighted by atomic mass is 31.2. The summed E-state index contributed by atoms with van der Waals surface area (Å²) in [5.41, 5.74) is 4.95. The smallest absolute Gasteiger partial charge is 0.229 e. The lowest BCUT2D eigenvalue weighted by molar-refractivity contribution is -0.0827. The quantitative estimate of drug-likeness (QED) is 0.137. The molecular weight excluding hydrogens is 475 g/mol. The van der Waals surface area contributed by atoms with Gasteiger partial charge < -0.3 is 14.0 Å². The number of carbonyl (C=O) groups excluding carboxylic acids is 2. The summed E-state index contributed by atoms with van der Waals surface area (Å²) in [7, 11) is -4.68. The molecule has 5 nitrogen and oxygen atoms in total. The highest BCUT2D eigenvalue weighted by Crippen LogP contribution is 2.54. The van der Waals surface area contributed by atoms with E-state index in [0.717, 1.165) is 39.4 Å². The van der Waals surface area contributed by atoms with Gasteiger partial charge in [-0.3, -0.25) is 9.59 Å². The fourth-order valence-corrected chi connectivity index (χ4v) is 9.71. The van der Waals surface area contributed by atoms with Gasteiger partial charge in [-0.15, -0.1) is 0 Å². The number of carbonyl (C=O) groups is 2. The van der Waals surface area contributed by atoms with Crippen LogP contribution >= 0.6 is 7.14 Å². The Morgan fingerprint density at radius 1 is 0.771 bits per heavy atom. The summed E-state index contributed by atoms with van der Waals surface area (Å²) >= 11 is 0. The van der Waals surface area contributed by atoms with E-state index in [1.54, 1.807) is 0 Å². The molecule has 0 saturated carbocycles. The first kappa shape index (κ1) is 29.4. The van der Waals surface area contributed by atoms with Crippen LogP contribution in [-0.2, 0) is 14.0 Å². The van der Waals surface area contributed by atoms with Gasteiger partial charge in [-0.2, -0.15) is 0 Å². The Bertz CT molecular complexity index is 999. The summed E-state index contributed by atoms with van der Waals surface area (Å²) < 4.78 is 25.9. The molecule has 0 N–H and O–H groups in total. The van der Waals surface area contributed by atoms with Crippen molar-refractivity contribution < 1.29 is 23.6 Å². The molecule has 2 rings (SSSR count). The van der Waals surface area contributed by atoms with Crippen molar-refractivity contribution in [3.05, 3.63) is 68.8 Å². The molecule has 2 aromatic carbocycles. The number of hydrogen-bond donors (Lipinski definition) is 0. The molecule has 35 heavy (non-hydrogen) atoms. The van der Waals surface area contributed by atoms with Crippen molar-refractivity contribution in [3.8, 4) is 0 Å². The molecule has 0 spiro atoms. The molecule has 0 aliphatic carbocycles. The number of ether oxygens (including phenoxy) is 2. The van der Waals surface area contributed by atoms with Gasteiger partial charge in [0.25, 0.3) is 0 Å². The lowest BCUT2D eigenvalue weighted by atomic mass is 10.0. The van der Waals surface area contributed by atoms with Gasteiger partial charge in [0.05, 0.1) is 9.52 Å². The second kappa shape index (κ2) is 12.9. The maximum atomic E-state index is 14.5. The Hall–Kier alpha value is -1.85. The van der Waals surface area contributed by atoms with Crippen LogP contribution in [0.5, 0.6) is 0 Å². The zero-order valence-electron chi connectivity index (χ0n) is 22.6. The average Bonchev–Trinajstić information content (AvgIpc) is 2.75. The largest absolute Gasteiger partial charge is 0.357 e. The summed E-state index contributed by atoms with van der Waals surface area (Å²) in [6.45, 7) is 16.4. The number of aryl methyl sites for hydroxylation is 6. The van der Waals surface area contributed by atoms with Crippen LogP contribution in [0, 0.1) is 41.5 Å². The summed E-state index contributed by atoms with van der Waals surface area (Å²) in [6, 6.07) is 8.45. The van der Waals surface area contributed by atoms with E-state index in [2.05, 4.69) is 0 Å². The van der Waals surface area contributed by atoms with E-state index in [4.69, 9.17) is 9.47 Å². The topological polar surface area (TPSA) is 69.7 Å². The first-order valence-electron chi connectivity index (χ1n) is 12.5. The van der Waals surface area contributed by atoms with E-state index in [-0.39, 0.29) is 12.1 Å². The molecule has 0 atom stereocenters. The summed E-state index contributed by atoms with van der Waals surface area (Å²) in [5.74, 6) is -0.195. The molecule has 0 unspecified atom stereocenters. The zero-order chi connectivity index (χ0) is 26.3. The standard InChI is InChI=1S/C28H41O5PSi/c1-9-32-28(33-10-2)35-13-11-12-34(31,26(29)24-20(5)14-18(3)15-21(24)6)27(30)25-22(7)16-19(4)17-23(25)8/h14-17,28H,9-13,35H2,1-8H3. The molecule has 0 fully saturated rings. The van der Waals surface area contributed by atoms with E-state index in [1.165, 1.54) is 0 Å². The second-order valence-electron chi connectivity index (χ2n) is 9.46. The average molecular weight is 517 g/mol. The molecule has 0 heterocycles. The minimum Gasteiger partial charge on any atom is -0.357 e. The van der Waals surface area contributed by atoms with E-state index < -0.39 is 27.7 Å². The fraction of sp³-hybridized carbons (Fsp3) is 0.500. The van der Waals surface area contributed by atoms with Crippen molar-refractivity contribution in [1.82, 2.24) is 0 Å². The highest BCUT2D eigenvalue weighted by Gasteiger charge is 2.42. The van der Waals surface area contributed by atoms with Crippen LogP contribution < -0.4 is 0 Å². The minimum atomic E-state index is -3.91. The predicted molar refractivity (Wildman–Crippen MR) is 147 cm³/mol. The van der Waals surface area contributed by atoms with Crippen LogP contribution in [0.4, 0.5) is 0 Å². The molecule has 0 aliphatic heterocycles. The third kappa shape index (κ3) is 7.10. The van der Waals surface area contributed by atoms with Gasteiger partial charge >= 0.3 is 0 Å². The normalized spacial score (nSPS) is 12.1. The lowest BCUT2D eigenvalue weighted by Gasteiger charge is -2.21. The molecule has 0 amide bonds. The van der Waals surface area contributed by atoms with Crippen molar-refractivity contribution in [2.24, 2.45) is 0 Å². The zero-order valence-corrected chi connectivity index (χ0v) is 24.9. The Kier molecular flexibility index (Phi) is 10.8. The lowest BCUT2D eigenvalue weighted by Crippen LogP contribution is -2.25. The second-order valence-corrected chi connectivity index (χ2v) is 14.1. The van der Waals surface area contributed by atoms with Gasteiger partial charge in [-0.05, 0) is 84.1 Å². The van der Waals surface area contributed by atoms with Crippen LogP contribution in [0.25, 0.3) is 0 Å². The first-order valence-corrected chi connectivity index (χ1v) is 16.2. The van der Waals surface area contributed by atoms with Crippen LogP contribution in [0.3, 0.4) is 0 Å². The molecule has 0 saturated heterocycles. The van der Waals surface area contributed by atoms with Crippen LogP contribution in [0.1, 0.15) is 74.4 Å². The van der Waals surface area contributed by atoms with Gasteiger partial charge in [0.15, 0.2) is 0 Å². The Morgan fingerprint density at radius 3 is 1.49 bits per heavy atom. The molecule has 0 aliphatic rings. The number of rotatable bonds is 13. The van der Waals surface area contributed by atoms with Crippen molar-refractivity contribution in [2.75, 3.05) is 19.4 Å². The molecule has 192 valence electrons. The Morgan fingerprint density at radius 2 is 1.14 bits per heavy atom. The molecule has 7 heteroatoms. The summed E-state index contributed by atoms with van der Waals surface area (Å²) in [4.78, 5) is 27.9. The van der Waals surface area contributed by atoms with Crippen LogP contribution in [0.15, 0.2) is 24.3 Å². The van der Waals surface area contributed by atoms with Crippen LogP contribution in [-0.4, -0.2) is 45.9 Å². The highest BCUT2D eigenvalue weighted by molar-refractivity contribution is 7.95. The van der Waals surface area contributed by atoms with Gasteiger partial charge in [-0.1, -0.05) is 41.4 Å². The maximum Gasteiger partial charge on any atom is 0.229 e. The summed E-state index contributed by atoms with van der Waals surface area (Å²) in [6.07, 6.45) is 0.605. The monoisotopic (exact) mass is 516 g/mol. The van der Waals surface area contributed by atoms with Gasteiger partial charge in [0, 0.05) is 30.5 Å². The SMILES string of the molecule is CCOC(OCC)[SiH2]CCCP(=O)(C(=O)c1c(C)cc(C)cc1C)C(=O)c1c(C)cc(C)cc1C. The van der Waals surface area contributed by atoms with Crippen molar-refractivity contribution in [3.63, 3.8) is 0 Å².